The van der Waals surface area contributed by atoms with Gasteiger partial charge in [-0.3, -0.25) is 4.79 Å². The van der Waals surface area contributed by atoms with Crippen molar-refractivity contribution in [3.8, 4) is 0 Å². The number of benzene rings is 1. The molecule has 3 rings (SSSR count). The van der Waals surface area contributed by atoms with Crippen molar-refractivity contribution in [3.63, 3.8) is 0 Å². The van der Waals surface area contributed by atoms with Crippen LogP contribution in [0, 0.1) is 12.8 Å². The summed E-state index contributed by atoms with van der Waals surface area (Å²) in [6, 6.07) is 11.3. The number of aromatic nitrogens is 1. The first kappa shape index (κ1) is 21.5. The molecule has 0 radical (unpaired) electrons. The number of rotatable bonds is 9. The molecule has 0 aliphatic carbocycles. The zero-order valence-electron chi connectivity index (χ0n) is 17.3. The van der Waals surface area contributed by atoms with E-state index in [9.17, 15) is 9.90 Å². The summed E-state index contributed by atoms with van der Waals surface area (Å²) in [5, 5.41) is 20.4. The summed E-state index contributed by atoms with van der Waals surface area (Å²) in [5.74, 6) is 1.59. The lowest BCUT2D eigenvalue weighted by atomic mass is 9.95. The molecule has 1 aromatic carbocycles. The first-order chi connectivity index (χ1) is 14.0. The summed E-state index contributed by atoms with van der Waals surface area (Å²) in [6.07, 6.45) is 2.40. The summed E-state index contributed by atoms with van der Waals surface area (Å²) < 4.78 is 4.99. The highest BCUT2D eigenvalue weighted by Gasteiger charge is 2.24. The van der Waals surface area contributed by atoms with Crippen LogP contribution in [0.4, 0.5) is 5.82 Å². The molecule has 1 aliphatic rings. The molecule has 1 amide bonds. The first-order valence-electron chi connectivity index (χ1n) is 10.5. The average molecular weight is 401 g/mol. The number of hydrogen-bond donors (Lipinski definition) is 3. The van der Waals surface area contributed by atoms with Crippen molar-refractivity contribution in [2.45, 2.75) is 45.3 Å². The van der Waals surface area contributed by atoms with Crippen LogP contribution in [-0.4, -0.2) is 53.3 Å². The predicted octanol–water partition coefficient (Wildman–Crippen LogP) is 2.74. The molecular formula is C22H32N4O3. The number of β-amino-alcohol motifs (C(OH)–C–C–N with tert-alkyl or cyclic N) is 1. The maximum atomic E-state index is 12.4. The highest BCUT2D eigenvalue weighted by Crippen LogP contribution is 2.20. The van der Waals surface area contributed by atoms with Gasteiger partial charge in [-0.25, -0.2) is 0 Å². The van der Waals surface area contributed by atoms with Crippen molar-refractivity contribution < 1.29 is 14.4 Å². The normalized spacial score (nSPS) is 17.8. The lowest BCUT2D eigenvalue weighted by Crippen LogP contribution is -2.45. The molecule has 2 heterocycles. The standard InChI is InChI=1S/C22H32N4O3/c1-3-19(22(28)24-21-13-16(2)29-25-21)23-14-17-9-11-26(12-10-17)15-20(27)18-7-5-4-6-8-18/h4-8,13,17,19-20,23,27H,3,9-12,14-15H2,1-2H3,(H,24,25,28). The highest BCUT2D eigenvalue weighted by atomic mass is 16.5. The third kappa shape index (κ3) is 6.39. The fourth-order valence-corrected chi connectivity index (χ4v) is 3.77. The number of hydrogen-bond acceptors (Lipinski definition) is 6. The lowest BCUT2D eigenvalue weighted by molar-refractivity contribution is -0.118. The second kappa shape index (κ2) is 10.5. The number of aryl methyl sites for hydroxylation is 1. The average Bonchev–Trinajstić information content (AvgIpc) is 3.14. The summed E-state index contributed by atoms with van der Waals surface area (Å²) in [4.78, 5) is 14.8. The second-order valence-electron chi connectivity index (χ2n) is 7.85. The number of carbonyl (C=O) groups is 1. The van der Waals surface area contributed by atoms with Crippen molar-refractivity contribution in [1.82, 2.24) is 15.4 Å². The van der Waals surface area contributed by atoms with Gasteiger partial charge in [0.2, 0.25) is 5.91 Å². The van der Waals surface area contributed by atoms with Crippen LogP contribution in [0.25, 0.3) is 0 Å². The van der Waals surface area contributed by atoms with E-state index in [0.717, 1.165) is 38.0 Å². The minimum Gasteiger partial charge on any atom is -0.387 e. The van der Waals surface area contributed by atoms with Crippen LogP contribution in [0.5, 0.6) is 0 Å². The molecule has 1 fully saturated rings. The number of nitrogens with zero attached hydrogens (tertiary/aromatic N) is 2. The quantitative estimate of drug-likeness (QED) is 0.600. The van der Waals surface area contributed by atoms with Gasteiger partial charge in [0, 0.05) is 12.6 Å². The van der Waals surface area contributed by atoms with E-state index in [1.807, 2.05) is 37.3 Å². The SMILES string of the molecule is CCC(NCC1CCN(CC(O)c2ccccc2)CC1)C(=O)Nc1cc(C)on1. The molecule has 7 nitrogen and oxygen atoms in total. The smallest absolute Gasteiger partial charge is 0.242 e. The van der Waals surface area contributed by atoms with Crippen molar-refractivity contribution >= 4 is 11.7 Å². The Morgan fingerprint density at radius 1 is 1.31 bits per heavy atom. The molecule has 158 valence electrons. The number of aliphatic hydroxyl groups excluding tert-OH is 1. The number of aliphatic hydroxyl groups is 1. The number of nitrogens with one attached hydrogen (secondary N) is 2. The Labute approximate surface area is 172 Å². The zero-order chi connectivity index (χ0) is 20.6. The number of piperidine rings is 1. The molecule has 2 unspecified atom stereocenters. The van der Waals surface area contributed by atoms with Crippen molar-refractivity contribution in [2.75, 3.05) is 31.5 Å². The molecule has 3 N–H and O–H groups in total. The zero-order valence-corrected chi connectivity index (χ0v) is 17.3. The fourth-order valence-electron chi connectivity index (χ4n) is 3.77. The second-order valence-corrected chi connectivity index (χ2v) is 7.85. The molecule has 0 saturated carbocycles. The molecular weight excluding hydrogens is 368 g/mol. The Morgan fingerprint density at radius 3 is 2.66 bits per heavy atom. The van der Waals surface area contributed by atoms with Gasteiger partial charge in [-0.15, -0.1) is 0 Å². The minimum absolute atomic E-state index is 0.0794. The van der Waals surface area contributed by atoms with Gasteiger partial charge in [-0.05, 0) is 57.3 Å². The third-order valence-electron chi connectivity index (χ3n) is 5.58. The molecule has 2 aromatic rings. The third-order valence-corrected chi connectivity index (χ3v) is 5.58. The van der Waals surface area contributed by atoms with Gasteiger partial charge in [0.25, 0.3) is 0 Å². The molecule has 0 spiro atoms. The Kier molecular flexibility index (Phi) is 7.80. The van der Waals surface area contributed by atoms with Crippen LogP contribution >= 0.6 is 0 Å². The number of anilines is 1. The molecule has 1 aliphatic heterocycles. The molecule has 0 bridgehead atoms. The number of amides is 1. The Hall–Kier alpha value is -2.22. The van der Waals surface area contributed by atoms with Crippen LogP contribution in [0.2, 0.25) is 0 Å². The molecule has 7 heteroatoms. The van der Waals surface area contributed by atoms with E-state index in [4.69, 9.17) is 4.52 Å². The van der Waals surface area contributed by atoms with E-state index >= 15 is 0 Å². The summed E-state index contributed by atoms with van der Waals surface area (Å²) >= 11 is 0. The van der Waals surface area contributed by atoms with Crippen molar-refractivity contribution in [1.29, 1.82) is 0 Å². The van der Waals surface area contributed by atoms with E-state index in [1.165, 1.54) is 0 Å². The minimum atomic E-state index is -0.445. The predicted molar refractivity (Wildman–Crippen MR) is 113 cm³/mol. The molecule has 1 saturated heterocycles. The lowest BCUT2D eigenvalue weighted by Gasteiger charge is -2.33. The monoisotopic (exact) mass is 400 g/mol. The first-order valence-corrected chi connectivity index (χ1v) is 10.5. The maximum absolute atomic E-state index is 12.4. The van der Waals surface area contributed by atoms with Crippen LogP contribution < -0.4 is 10.6 Å². The summed E-state index contributed by atoms with van der Waals surface area (Å²) in [5.41, 5.74) is 0.968. The van der Waals surface area contributed by atoms with Gasteiger partial charge in [0.15, 0.2) is 5.82 Å². The molecule has 2 atom stereocenters. The fraction of sp³-hybridized carbons (Fsp3) is 0.545. The Balaban J connectivity index is 1.38. The van der Waals surface area contributed by atoms with Crippen LogP contribution in [0.3, 0.4) is 0 Å². The van der Waals surface area contributed by atoms with Crippen LogP contribution in [0.1, 0.15) is 43.6 Å². The molecule has 1 aromatic heterocycles. The van der Waals surface area contributed by atoms with E-state index in [1.54, 1.807) is 13.0 Å². The topological polar surface area (TPSA) is 90.6 Å². The van der Waals surface area contributed by atoms with E-state index in [0.29, 0.717) is 30.5 Å². The van der Waals surface area contributed by atoms with Gasteiger partial charge in [0.05, 0.1) is 12.1 Å². The van der Waals surface area contributed by atoms with Crippen LogP contribution in [0.15, 0.2) is 40.9 Å². The number of likely N-dealkylation sites (tertiary alicyclic amines) is 1. The van der Waals surface area contributed by atoms with Gasteiger partial charge < -0.3 is 25.2 Å². The largest absolute Gasteiger partial charge is 0.387 e. The number of carbonyl (C=O) groups excluding carboxylic acids is 1. The Morgan fingerprint density at radius 2 is 2.03 bits per heavy atom. The van der Waals surface area contributed by atoms with E-state index in [-0.39, 0.29) is 11.9 Å². The van der Waals surface area contributed by atoms with E-state index < -0.39 is 6.10 Å². The summed E-state index contributed by atoms with van der Waals surface area (Å²) in [7, 11) is 0. The van der Waals surface area contributed by atoms with Crippen molar-refractivity contribution in [3.05, 3.63) is 47.7 Å². The summed E-state index contributed by atoms with van der Waals surface area (Å²) in [6.45, 7) is 7.22. The van der Waals surface area contributed by atoms with Crippen molar-refractivity contribution in [2.24, 2.45) is 5.92 Å². The maximum Gasteiger partial charge on any atom is 0.242 e. The highest BCUT2D eigenvalue weighted by molar-refractivity contribution is 5.93. The van der Waals surface area contributed by atoms with Gasteiger partial charge >= 0.3 is 0 Å². The van der Waals surface area contributed by atoms with Gasteiger partial charge in [-0.1, -0.05) is 42.4 Å². The Bertz CT molecular complexity index is 756. The van der Waals surface area contributed by atoms with Gasteiger partial charge in [0.1, 0.15) is 5.76 Å². The van der Waals surface area contributed by atoms with E-state index in [2.05, 4.69) is 20.7 Å². The van der Waals surface area contributed by atoms with Gasteiger partial charge in [-0.2, -0.15) is 0 Å². The van der Waals surface area contributed by atoms with Crippen LogP contribution in [-0.2, 0) is 4.79 Å². The molecule has 29 heavy (non-hydrogen) atoms.